The van der Waals surface area contributed by atoms with E-state index in [1.807, 2.05) is 30.3 Å². The summed E-state index contributed by atoms with van der Waals surface area (Å²) in [5.41, 5.74) is -3.97. The fraction of sp³-hybridized carbons (Fsp3) is 0.552. The van der Waals surface area contributed by atoms with E-state index in [0.717, 1.165) is 5.56 Å². The average molecular weight is 670 g/mol. The van der Waals surface area contributed by atoms with Gasteiger partial charge in [0.2, 0.25) is 5.90 Å². The van der Waals surface area contributed by atoms with Crippen molar-refractivity contribution in [2.45, 2.75) is 59.6 Å². The number of esters is 4. The Morgan fingerprint density at radius 3 is 1.75 bits per heavy atom. The first-order valence-corrected chi connectivity index (χ1v) is 14.9. The third-order valence-electron chi connectivity index (χ3n) is 7.30. The molecule has 11 heteroatoms. The minimum Gasteiger partial charge on any atom is -0.466 e. The monoisotopic (exact) mass is 669 g/mol. The highest BCUT2D eigenvalue weighted by Crippen LogP contribution is 2.62. The maximum atomic E-state index is 13.9. The van der Waals surface area contributed by atoms with Crippen LogP contribution >= 0.6 is 22.6 Å². The molecule has 1 heterocycles. The van der Waals surface area contributed by atoms with E-state index in [1.165, 1.54) is 0 Å². The van der Waals surface area contributed by atoms with Crippen molar-refractivity contribution < 1.29 is 42.9 Å². The Hall–Kier alpha value is -2.96. The second-order valence-electron chi connectivity index (χ2n) is 9.49. The van der Waals surface area contributed by atoms with E-state index in [1.54, 1.807) is 34.6 Å². The Bertz CT molecular complexity index is 1160. The van der Waals surface area contributed by atoms with E-state index >= 15 is 0 Å². The molecule has 0 aromatic heterocycles. The Morgan fingerprint density at radius 1 is 0.825 bits per heavy atom. The van der Waals surface area contributed by atoms with Gasteiger partial charge in [-0.2, -0.15) is 0 Å². The van der Waals surface area contributed by atoms with Gasteiger partial charge in [-0.25, -0.2) is 4.99 Å². The number of alkyl halides is 1. The molecule has 1 aliphatic carbocycles. The van der Waals surface area contributed by atoms with E-state index < -0.39 is 46.7 Å². The van der Waals surface area contributed by atoms with E-state index in [9.17, 15) is 19.2 Å². The summed E-state index contributed by atoms with van der Waals surface area (Å²) >= 11 is 2.11. The number of hydrogen-bond acceptors (Lipinski definition) is 10. The van der Waals surface area contributed by atoms with E-state index in [-0.39, 0.29) is 37.3 Å². The lowest BCUT2D eigenvalue weighted by atomic mass is 9.50. The first-order valence-electron chi connectivity index (χ1n) is 13.4. The first-order chi connectivity index (χ1) is 19.1. The van der Waals surface area contributed by atoms with Crippen LogP contribution in [-0.4, -0.2) is 66.2 Å². The molecule has 1 aromatic carbocycles. The van der Waals surface area contributed by atoms with Gasteiger partial charge in [0.1, 0.15) is 5.60 Å². The highest BCUT2D eigenvalue weighted by atomic mass is 127. The molecule has 0 saturated heterocycles. The zero-order valence-electron chi connectivity index (χ0n) is 23.5. The van der Waals surface area contributed by atoms with E-state index in [0.29, 0.717) is 23.6 Å². The molecular weight excluding hydrogens is 633 g/mol. The van der Waals surface area contributed by atoms with Crippen molar-refractivity contribution in [1.82, 2.24) is 0 Å². The van der Waals surface area contributed by atoms with Crippen LogP contribution in [0.2, 0.25) is 0 Å². The summed E-state index contributed by atoms with van der Waals surface area (Å²) in [6.07, 6.45) is -0.781. The molecule has 40 heavy (non-hydrogen) atoms. The molecule has 2 aliphatic rings. The summed E-state index contributed by atoms with van der Waals surface area (Å²) in [5.74, 6) is -3.97. The quantitative estimate of drug-likeness (QED) is 0.112. The molecular formula is C29H36INO9. The number of nitrogens with zero attached hydrogens (tertiary/aromatic N) is 1. The Labute approximate surface area is 247 Å². The lowest BCUT2D eigenvalue weighted by Gasteiger charge is -2.51. The number of halogens is 1. The smallest absolute Gasteiger partial charge is 0.325 e. The average Bonchev–Trinajstić information content (AvgIpc) is 3.22. The van der Waals surface area contributed by atoms with Gasteiger partial charge in [0.05, 0.1) is 33.0 Å². The lowest BCUT2D eigenvalue weighted by Crippen LogP contribution is -2.68. The molecule has 1 saturated carbocycles. The van der Waals surface area contributed by atoms with Crippen LogP contribution in [0.3, 0.4) is 0 Å². The molecule has 0 amide bonds. The van der Waals surface area contributed by atoms with Gasteiger partial charge in [-0.05, 0) is 45.8 Å². The topological polar surface area (TPSA) is 127 Å². The SMILES string of the molecule is CCOC(=O)C1(C(=O)OCC)CC2=C(C)C(=NCc3ccccc3)OC2(CI)CC1(C(=O)OCC)C(=O)OCC. The van der Waals surface area contributed by atoms with Crippen LogP contribution in [-0.2, 0) is 49.4 Å². The van der Waals surface area contributed by atoms with Crippen molar-refractivity contribution in [3.63, 3.8) is 0 Å². The van der Waals surface area contributed by atoms with Crippen molar-refractivity contribution in [1.29, 1.82) is 0 Å². The van der Waals surface area contributed by atoms with Crippen molar-refractivity contribution in [3.8, 4) is 0 Å². The van der Waals surface area contributed by atoms with Crippen molar-refractivity contribution in [2.75, 3.05) is 30.9 Å². The maximum absolute atomic E-state index is 13.9. The maximum Gasteiger partial charge on any atom is 0.325 e. The molecule has 0 N–H and O–H groups in total. The standard InChI is InChI=1S/C29H36INO9/c1-6-36-23(32)28(24(33)37-7-2)15-21-19(5)22(31-16-20-13-11-10-12-14-20)40-27(21,18-30)17-29(28,25(34)38-8-3)26(35)39-9-4/h10-14H,6-9,15-18H2,1-5H3. The van der Waals surface area contributed by atoms with Crippen molar-refractivity contribution in [2.24, 2.45) is 15.8 Å². The zero-order chi connectivity index (χ0) is 29.6. The van der Waals surface area contributed by atoms with Crippen LogP contribution in [0.4, 0.5) is 0 Å². The van der Waals surface area contributed by atoms with Crippen LogP contribution in [0.15, 0.2) is 46.5 Å². The highest BCUT2D eigenvalue weighted by molar-refractivity contribution is 14.1. The number of rotatable bonds is 11. The van der Waals surface area contributed by atoms with Gasteiger partial charge >= 0.3 is 23.9 Å². The van der Waals surface area contributed by atoms with Gasteiger partial charge in [-0.15, -0.1) is 0 Å². The molecule has 10 nitrogen and oxygen atoms in total. The van der Waals surface area contributed by atoms with Gasteiger partial charge in [-0.1, -0.05) is 52.9 Å². The van der Waals surface area contributed by atoms with E-state index in [4.69, 9.17) is 23.7 Å². The molecule has 0 radical (unpaired) electrons. The molecule has 1 atom stereocenters. The number of hydrogen-bond donors (Lipinski definition) is 0. The Balaban J connectivity index is 2.34. The zero-order valence-corrected chi connectivity index (χ0v) is 25.7. The summed E-state index contributed by atoms with van der Waals surface area (Å²) in [6.45, 7) is 7.98. The molecule has 0 bridgehead atoms. The van der Waals surface area contributed by atoms with Crippen molar-refractivity contribution >= 4 is 52.4 Å². The van der Waals surface area contributed by atoms with Crippen LogP contribution in [0.5, 0.6) is 0 Å². The van der Waals surface area contributed by atoms with Crippen LogP contribution < -0.4 is 0 Å². The molecule has 1 aliphatic heterocycles. The lowest BCUT2D eigenvalue weighted by molar-refractivity contribution is -0.211. The van der Waals surface area contributed by atoms with Crippen LogP contribution in [0, 0.1) is 10.8 Å². The summed E-state index contributed by atoms with van der Waals surface area (Å²) < 4.78 is 28.3. The normalized spacial score (nSPS) is 21.7. The Morgan fingerprint density at radius 2 is 1.30 bits per heavy atom. The number of carbonyl (C=O) groups is 4. The number of aliphatic imine (C=N–C) groups is 1. The van der Waals surface area contributed by atoms with Gasteiger partial charge in [0.15, 0.2) is 10.8 Å². The van der Waals surface area contributed by atoms with Gasteiger partial charge in [0.25, 0.3) is 0 Å². The summed E-state index contributed by atoms with van der Waals surface area (Å²) in [5, 5.41) is 0. The molecule has 1 fully saturated rings. The fourth-order valence-electron chi connectivity index (χ4n) is 5.45. The molecule has 218 valence electrons. The number of fused-ring (bicyclic) bond motifs is 1. The molecule has 3 rings (SSSR count). The molecule has 1 unspecified atom stereocenters. The second kappa shape index (κ2) is 13.1. The fourth-order valence-corrected chi connectivity index (χ4v) is 6.33. The highest BCUT2D eigenvalue weighted by Gasteiger charge is 2.79. The largest absolute Gasteiger partial charge is 0.466 e. The third-order valence-corrected chi connectivity index (χ3v) is 8.53. The Kier molecular flexibility index (Phi) is 10.4. The number of benzene rings is 1. The van der Waals surface area contributed by atoms with Crippen LogP contribution in [0.25, 0.3) is 0 Å². The van der Waals surface area contributed by atoms with E-state index in [2.05, 4.69) is 27.6 Å². The first kappa shape index (κ1) is 31.6. The molecule has 1 aromatic rings. The van der Waals surface area contributed by atoms with Crippen molar-refractivity contribution in [3.05, 3.63) is 47.0 Å². The summed E-state index contributed by atoms with van der Waals surface area (Å²) in [7, 11) is 0. The summed E-state index contributed by atoms with van der Waals surface area (Å²) in [6, 6.07) is 9.58. The van der Waals surface area contributed by atoms with Gasteiger partial charge < -0.3 is 23.7 Å². The molecule has 0 spiro atoms. The summed E-state index contributed by atoms with van der Waals surface area (Å²) in [4.78, 5) is 60.4. The second-order valence-corrected chi connectivity index (χ2v) is 10.2. The third kappa shape index (κ3) is 5.24. The number of ether oxygens (including phenoxy) is 5. The van der Waals surface area contributed by atoms with Gasteiger partial charge in [-0.3, -0.25) is 19.2 Å². The minimum atomic E-state index is -2.44. The van der Waals surface area contributed by atoms with Gasteiger partial charge in [0, 0.05) is 22.8 Å². The predicted octanol–water partition coefficient (Wildman–Crippen LogP) is 4.12. The van der Waals surface area contributed by atoms with Crippen LogP contribution in [0.1, 0.15) is 53.0 Å². The predicted molar refractivity (Wildman–Crippen MR) is 154 cm³/mol. The number of carbonyl (C=O) groups excluding carboxylic acids is 4. The minimum absolute atomic E-state index is 0.0997.